The van der Waals surface area contributed by atoms with Gasteiger partial charge in [-0.05, 0) is 78.8 Å². The quantitative estimate of drug-likeness (QED) is 0.239. The van der Waals surface area contributed by atoms with Gasteiger partial charge in [-0.15, -0.1) is 0 Å². The summed E-state index contributed by atoms with van der Waals surface area (Å²) in [6, 6.07) is 17.5. The molecule has 1 fully saturated rings. The van der Waals surface area contributed by atoms with Crippen LogP contribution in [0.1, 0.15) is 54.7 Å². The maximum atomic E-state index is 13.1. The second-order valence-electron chi connectivity index (χ2n) is 10.1. The fourth-order valence-corrected chi connectivity index (χ4v) is 5.23. The molecule has 2 aromatic carbocycles. The predicted molar refractivity (Wildman–Crippen MR) is 157 cm³/mol. The van der Waals surface area contributed by atoms with Crippen LogP contribution >= 0.6 is 0 Å². The van der Waals surface area contributed by atoms with Gasteiger partial charge >= 0.3 is 0 Å². The lowest BCUT2D eigenvalue weighted by molar-refractivity contribution is -0.115. The minimum Gasteiger partial charge on any atom is -0.495 e. The number of rotatable bonds is 9. The molecule has 2 heterocycles. The van der Waals surface area contributed by atoms with Gasteiger partial charge in [-0.3, -0.25) is 4.79 Å². The Kier molecular flexibility index (Phi) is 8.54. The third-order valence-corrected chi connectivity index (χ3v) is 7.31. The summed E-state index contributed by atoms with van der Waals surface area (Å²) in [5.41, 5.74) is 5.25. The van der Waals surface area contributed by atoms with E-state index in [1.54, 1.807) is 26.6 Å². The van der Waals surface area contributed by atoms with Crippen molar-refractivity contribution in [2.24, 2.45) is 0 Å². The predicted octanol–water partition coefficient (Wildman–Crippen LogP) is 6.92. The van der Waals surface area contributed by atoms with Crippen LogP contribution in [0.15, 0.2) is 67.0 Å². The van der Waals surface area contributed by atoms with Crippen molar-refractivity contribution in [2.45, 2.75) is 51.4 Å². The number of nitrogens with zero attached hydrogens (tertiary/aromatic N) is 3. The topological polar surface area (TPSA) is 98.3 Å². The molecule has 8 nitrogen and oxygen atoms in total. The van der Waals surface area contributed by atoms with Crippen molar-refractivity contribution < 1.29 is 14.3 Å². The number of ether oxygens (including phenoxy) is 2. The van der Waals surface area contributed by atoms with E-state index in [4.69, 9.17) is 9.47 Å². The average Bonchev–Trinajstić information content (AvgIpc) is 2.99. The summed E-state index contributed by atoms with van der Waals surface area (Å²) in [6.45, 7) is 1.96. The van der Waals surface area contributed by atoms with E-state index >= 15 is 0 Å². The molecule has 0 bridgehead atoms. The largest absolute Gasteiger partial charge is 0.495 e. The summed E-state index contributed by atoms with van der Waals surface area (Å²) in [4.78, 5) is 26.2. The van der Waals surface area contributed by atoms with Crippen molar-refractivity contribution in [1.29, 1.82) is 0 Å². The molecule has 2 aromatic heterocycles. The summed E-state index contributed by atoms with van der Waals surface area (Å²) in [5, 5.41) is 6.03. The molecule has 4 aromatic rings. The van der Waals surface area contributed by atoms with Gasteiger partial charge in [0.15, 0.2) is 0 Å². The molecule has 1 aliphatic carbocycles. The summed E-state index contributed by atoms with van der Waals surface area (Å²) in [7, 11) is 3.40. The molecule has 0 atom stereocenters. The average molecular weight is 538 g/mol. The number of hydrogen-bond acceptors (Lipinski definition) is 7. The van der Waals surface area contributed by atoms with Crippen LogP contribution in [0.25, 0.3) is 11.3 Å². The molecule has 0 aliphatic heterocycles. The van der Waals surface area contributed by atoms with Crippen LogP contribution in [0.4, 0.5) is 11.6 Å². The normalized spacial score (nSPS) is 13.5. The maximum Gasteiger partial charge on any atom is 0.228 e. The number of hydrogen-bond donors (Lipinski definition) is 2. The molecule has 1 saturated carbocycles. The van der Waals surface area contributed by atoms with Crippen LogP contribution in [0.5, 0.6) is 17.4 Å². The molecule has 0 saturated heterocycles. The number of methoxy groups -OCH3 is 1. The summed E-state index contributed by atoms with van der Waals surface area (Å²) in [5.74, 6) is 2.75. The molecular formula is C32H35N5O3. The highest BCUT2D eigenvalue weighted by Crippen LogP contribution is 2.37. The molecule has 0 unspecified atom stereocenters. The van der Waals surface area contributed by atoms with E-state index in [-0.39, 0.29) is 12.3 Å². The summed E-state index contributed by atoms with van der Waals surface area (Å²) in [6.07, 6.45) is 9.84. The first-order valence-corrected chi connectivity index (χ1v) is 13.8. The van der Waals surface area contributed by atoms with Crippen molar-refractivity contribution in [2.75, 3.05) is 24.8 Å². The smallest absolute Gasteiger partial charge is 0.228 e. The van der Waals surface area contributed by atoms with E-state index in [0.29, 0.717) is 34.9 Å². The third-order valence-electron chi connectivity index (χ3n) is 7.31. The minimum atomic E-state index is -0.0942. The van der Waals surface area contributed by atoms with Crippen LogP contribution in [0, 0.1) is 6.92 Å². The number of benzene rings is 2. The summed E-state index contributed by atoms with van der Waals surface area (Å²) >= 11 is 0. The van der Waals surface area contributed by atoms with Gasteiger partial charge < -0.3 is 20.1 Å². The second kappa shape index (κ2) is 12.6. The monoisotopic (exact) mass is 537 g/mol. The van der Waals surface area contributed by atoms with Crippen LogP contribution < -0.4 is 20.1 Å². The lowest BCUT2D eigenvalue weighted by Gasteiger charge is -2.23. The van der Waals surface area contributed by atoms with Gasteiger partial charge in [-0.25, -0.2) is 15.0 Å². The van der Waals surface area contributed by atoms with Gasteiger partial charge in [-0.2, -0.15) is 0 Å². The minimum absolute atomic E-state index is 0.0942. The molecule has 1 aliphatic rings. The highest BCUT2D eigenvalue weighted by molar-refractivity contribution is 5.94. The standard InChI is InChI=1S/C32H35N5O3/c1-21-18-22(19-30(38)36-27-20-24(12-14-29(27)39-3)23-8-5-4-6-9-23)11-13-28(21)40-31-25(10-7-16-34-31)26-15-17-35-32(33-2)37-26/h7,10-18,20,23H,4-6,8-9,19H2,1-3H3,(H,36,38)(H,33,35,37). The number of amides is 1. The molecule has 0 spiro atoms. The van der Waals surface area contributed by atoms with E-state index in [1.165, 1.54) is 37.7 Å². The fraction of sp³-hybridized carbons (Fsp3) is 0.312. The number of aromatic nitrogens is 3. The van der Waals surface area contributed by atoms with Crippen LogP contribution in [0.3, 0.4) is 0 Å². The van der Waals surface area contributed by atoms with Gasteiger partial charge in [0, 0.05) is 19.4 Å². The Hall–Kier alpha value is -4.46. The van der Waals surface area contributed by atoms with E-state index in [0.717, 1.165) is 22.4 Å². The van der Waals surface area contributed by atoms with Gasteiger partial charge in [0.1, 0.15) is 11.5 Å². The molecule has 0 radical (unpaired) electrons. The molecule has 1 amide bonds. The Morgan fingerprint density at radius 1 is 0.975 bits per heavy atom. The Morgan fingerprint density at radius 3 is 2.58 bits per heavy atom. The van der Waals surface area contributed by atoms with Crippen molar-refractivity contribution in [3.8, 4) is 28.6 Å². The Morgan fingerprint density at radius 2 is 1.80 bits per heavy atom. The lowest BCUT2D eigenvalue weighted by atomic mass is 9.84. The van der Waals surface area contributed by atoms with E-state index in [1.807, 2.05) is 49.4 Å². The molecule has 5 rings (SSSR count). The number of carbonyl (C=O) groups is 1. The van der Waals surface area contributed by atoms with Gasteiger partial charge in [-0.1, -0.05) is 37.5 Å². The molecule has 40 heavy (non-hydrogen) atoms. The molecule has 2 N–H and O–H groups in total. The zero-order valence-electron chi connectivity index (χ0n) is 23.2. The summed E-state index contributed by atoms with van der Waals surface area (Å²) < 4.78 is 11.8. The maximum absolute atomic E-state index is 13.1. The molecular weight excluding hydrogens is 502 g/mol. The Labute approximate surface area is 235 Å². The highest BCUT2D eigenvalue weighted by atomic mass is 16.5. The molecule has 206 valence electrons. The number of anilines is 2. The van der Waals surface area contributed by atoms with Gasteiger partial charge in [0.05, 0.1) is 30.5 Å². The first-order valence-electron chi connectivity index (χ1n) is 13.8. The zero-order valence-corrected chi connectivity index (χ0v) is 23.2. The van der Waals surface area contributed by atoms with Crippen molar-refractivity contribution in [1.82, 2.24) is 15.0 Å². The van der Waals surface area contributed by atoms with Crippen LogP contribution in [-0.4, -0.2) is 35.0 Å². The van der Waals surface area contributed by atoms with E-state index in [9.17, 15) is 4.79 Å². The van der Waals surface area contributed by atoms with E-state index in [2.05, 4.69) is 37.7 Å². The first-order chi connectivity index (χ1) is 19.5. The third kappa shape index (κ3) is 6.39. The Bertz CT molecular complexity index is 1480. The fourth-order valence-electron chi connectivity index (χ4n) is 5.23. The number of pyridine rings is 1. The van der Waals surface area contributed by atoms with Gasteiger partial charge in [0.25, 0.3) is 0 Å². The van der Waals surface area contributed by atoms with Crippen molar-refractivity contribution >= 4 is 17.5 Å². The SMILES string of the molecule is CNc1nccc(-c2cccnc2Oc2ccc(CC(=O)Nc3cc(C4CCCCC4)ccc3OC)cc2C)n1. The van der Waals surface area contributed by atoms with Crippen LogP contribution in [0.2, 0.25) is 0 Å². The van der Waals surface area contributed by atoms with Gasteiger partial charge in [0.2, 0.25) is 17.7 Å². The zero-order chi connectivity index (χ0) is 27.9. The lowest BCUT2D eigenvalue weighted by Crippen LogP contribution is -2.16. The van der Waals surface area contributed by atoms with Crippen molar-refractivity contribution in [3.63, 3.8) is 0 Å². The Balaban J connectivity index is 1.29. The van der Waals surface area contributed by atoms with Crippen LogP contribution in [-0.2, 0) is 11.2 Å². The molecule has 8 heteroatoms. The number of carbonyl (C=O) groups excluding carboxylic acids is 1. The number of aryl methyl sites for hydroxylation is 1. The highest BCUT2D eigenvalue weighted by Gasteiger charge is 2.18. The first kappa shape index (κ1) is 27.1. The number of nitrogens with one attached hydrogen (secondary N) is 2. The van der Waals surface area contributed by atoms with Crippen molar-refractivity contribution in [3.05, 3.63) is 83.7 Å². The second-order valence-corrected chi connectivity index (χ2v) is 10.1. The van der Waals surface area contributed by atoms with E-state index < -0.39 is 0 Å².